The first kappa shape index (κ1) is 25.0. The van der Waals surface area contributed by atoms with Gasteiger partial charge in [-0.15, -0.1) is 0 Å². The highest BCUT2D eigenvalue weighted by atomic mass is 19.4. The second kappa shape index (κ2) is 10.6. The number of carboxylic acids is 2. The Morgan fingerprint density at radius 2 is 1.53 bits per heavy atom. The molecule has 1 aliphatic carbocycles. The van der Waals surface area contributed by atoms with E-state index < -0.39 is 30.2 Å². The minimum absolute atomic E-state index is 0.0349. The fraction of sp³-hybridized carbons (Fsp3) is 0.348. The summed E-state index contributed by atoms with van der Waals surface area (Å²) in [4.78, 5) is 32.0. The molecule has 1 unspecified atom stereocenters. The van der Waals surface area contributed by atoms with Gasteiger partial charge in [-0.2, -0.15) is 13.2 Å². The Kier molecular flexibility index (Phi) is 7.77. The van der Waals surface area contributed by atoms with Gasteiger partial charge in [0.25, 0.3) is 0 Å². The summed E-state index contributed by atoms with van der Waals surface area (Å²) in [5.41, 5.74) is 4.74. The second-order valence-electron chi connectivity index (χ2n) is 7.91. The molecule has 2 aliphatic rings. The van der Waals surface area contributed by atoms with Gasteiger partial charge in [-0.25, -0.2) is 9.59 Å². The number of aliphatic carboxylic acids is 2. The van der Waals surface area contributed by atoms with Gasteiger partial charge < -0.3 is 25.6 Å². The van der Waals surface area contributed by atoms with E-state index in [9.17, 15) is 22.8 Å². The standard InChI is InChI=1S/C21H22N2O4.C2HF3O2/c24-20(25)19-9-13(10-22-19)11-23-21(26)27-12-18-16-7-3-1-5-14(16)15-6-2-4-8-17(15)18;3-2(4,5)1(6)7/h1-8,13,18-19,22H,9-12H2,(H,23,26)(H,24,25);(H,6,7)/t13?,19-;/m0./s1. The van der Waals surface area contributed by atoms with Crippen LogP contribution in [-0.2, 0) is 14.3 Å². The van der Waals surface area contributed by atoms with E-state index in [4.69, 9.17) is 19.7 Å². The molecule has 0 saturated carbocycles. The van der Waals surface area contributed by atoms with Crippen LogP contribution in [0.3, 0.4) is 0 Å². The van der Waals surface area contributed by atoms with Gasteiger partial charge in [-0.1, -0.05) is 48.5 Å². The molecule has 1 aliphatic heterocycles. The monoisotopic (exact) mass is 480 g/mol. The number of carboxylic acid groups (broad SMARTS) is 2. The van der Waals surface area contributed by atoms with Crippen LogP contribution in [0.4, 0.5) is 18.0 Å². The molecule has 1 heterocycles. The van der Waals surface area contributed by atoms with Crippen LogP contribution >= 0.6 is 0 Å². The molecule has 182 valence electrons. The van der Waals surface area contributed by atoms with Gasteiger partial charge >= 0.3 is 24.2 Å². The van der Waals surface area contributed by atoms with E-state index in [-0.39, 0.29) is 18.4 Å². The van der Waals surface area contributed by atoms with Crippen molar-refractivity contribution in [1.29, 1.82) is 0 Å². The molecule has 4 rings (SSSR count). The molecule has 2 aromatic rings. The zero-order chi connectivity index (χ0) is 24.9. The largest absolute Gasteiger partial charge is 0.490 e. The molecule has 8 nitrogen and oxygen atoms in total. The number of alkyl carbamates (subject to hydrolysis) is 1. The van der Waals surface area contributed by atoms with Crippen LogP contribution in [0.5, 0.6) is 0 Å². The van der Waals surface area contributed by atoms with Crippen LogP contribution in [0, 0.1) is 5.92 Å². The second-order valence-corrected chi connectivity index (χ2v) is 7.91. The maximum Gasteiger partial charge on any atom is 0.490 e. The molecule has 34 heavy (non-hydrogen) atoms. The Balaban J connectivity index is 0.000000406. The first-order valence-electron chi connectivity index (χ1n) is 10.4. The van der Waals surface area contributed by atoms with Crippen LogP contribution in [0.25, 0.3) is 11.1 Å². The van der Waals surface area contributed by atoms with Crippen molar-refractivity contribution in [3.63, 3.8) is 0 Å². The van der Waals surface area contributed by atoms with Crippen molar-refractivity contribution >= 4 is 18.0 Å². The maximum absolute atomic E-state index is 12.1. The van der Waals surface area contributed by atoms with E-state index in [0.717, 1.165) is 0 Å². The third-order valence-electron chi connectivity index (χ3n) is 5.64. The predicted octanol–water partition coefficient (Wildman–Crippen LogP) is 3.22. The topological polar surface area (TPSA) is 125 Å². The van der Waals surface area contributed by atoms with Gasteiger partial charge in [0, 0.05) is 19.0 Å². The van der Waals surface area contributed by atoms with Gasteiger partial charge in [0.15, 0.2) is 0 Å². The summed E-state index contributed by atoms with van der Waals surface area (Å²) in [6, 6.07) is 15.9. The molecular formula is C23H23F3N2O6. The summed E-state index contributed by atoms with van der Waals surface area (Å²) in [6.07, 6.45) is -5.03. The first-order chi connectivity index (χ1) is 16.1. The molecule has 2 atom stereocenters. The smallest absolute Gasteiger partial charge is 0.480 e. The molecule has 0 radical (unpaired) electrons. The predicted molar refractivity (Wildman–Crippen MR) is 114 cm³/mol. The Labute approximate surface area is 192 Å². The Morgan fingerprint density at radius 3 is 2.00 bits per heavy atom. The third-order valence-corrected chi connectivity index (χ3v) is 5.64. The summed E-state index contributed by atoms with van der Waals surface area (Å²) >= 11 is 0. The zero-order valence-electron chi connectivity index (χ0n) is 17.8. The fourth-order valence-corrected chi connectivity index (χ4v) is 4.03. The molecule has 0 aromatic heterocycles. The number of hydrogen-bond acceptors (Lipinski definition) is 5. The summed E-state index contributed by atoms with van der Waals surface area (Å²) in [5.74, 6) is -3.47. The van der Waals surface area contributed by atoms with Crippen molar-refractivity contribution in [1.82, 2.24) is 10.6 Å². The number of hydrogen-bond donors (Lipinski definition) is 4. The van der Waals surface area contributed by atoms with Crippen LogP contribution in [0.2, 0.25) is 0 Å². The third kappa shape index (κ3) is 6.04. The highest BCUT2D eigenvalue weighted by Gasteiger charge is 2.38. The van der Waals surface area contributed by atoms with Crippen molar-refractivity contribution in [3.05, 3.63) is 59.7 Å². The van der Waals surface area contributed by atoms with Crippen LogP contribution in [0.1, 0.15) is 23.5 Å². The molecule has 0 bridgehead atoms. The maximum atomic E-state index is 12.1. The van der Waals surface area contributed by atoms with E-state index in [1.807, 2.05) is 24.3 Å². The highest BCUT2D eigenvalue weighted by molar-refractivity contribution is 5.79. The van der Waals surface area contributed by atoms with Gasteiger partial charge in [-0.05, 0) is 34.6 Å². The molecular weight excluding hydrogens is 457 g/mol. The number of rotatable bonds is 5. The normalized spacial score (nSPS) is 18.8. The number of fused-ring (bicyclic) bond motifs is 3. The molecule has 11 heteroatoms. The minimum atomic E-state index is -5.08. The number of nitrogens with one attached hydrogen (secondary N) is 2. The van der Waals surface area contributed by atoms with Gasteiger partial charge in [0.05, 0.1) is 0 Å². The number of carbonyl (C=O) groups excluding carboxylic acids is 1. The number of ether oxygens (including phenoxy) is 1. The van der Waals surface area contributed by atoms with E-state index in [1.54, 1.807) is 0 Å². The number of amides is 1. The van der Waals surface area contributed by atoms with Gasteiger partial charge in [0.2, 0.25) is 0 Å². The summed E-state index contributed by atoms with van der Waals surface area (Å²) in [5, 5.41) is 21.8. The van der Waals surface area contributed by atoms with Crippen LogP contribution in [0.15, 0.2) is 48.5 Å². The van der Waals surface area contributed by atoms with Crippen molar-refractivity contribution < 1.29 is 42.5 Å². The summed E-state index contributed by atoms with van der Waals surface area (Å²) in [7, 11) is 0. The average molecular weight is 480 g/mol. The number of alkyl halides is 3. The number of benzene rings is 2. The average Bonchev–Trinajstić information content (AvgIpc) is 3.39. The van der Waals surface area contributed by atoms with E-state index in [2.05, 4.69) is 34.9 Å². The Morgan fingerprint density at radius 1 is 1.00 bits per heavy atom. The first-order valence-corrected chi connectivity index (χ1v) is 10.4. The molecule has 1 amide bonds. The van der Waals surface area contributed by atoms with Crippen LogP contribution in [-0.4, -0.2) is 60.2 Å². The van der Waals surface area contributed by atoms with Crippen molar-refractivity contribution in [3.8, 4) is 11.1 Å². The summed E-state index contributed by atoms with van der Waals surface area (Å²) in [6.45, 7) is 1.27. The molecule has 1 fully saturated rings. The zero-order valence-corrected chi connectivity index (χ0v) is 17.8. The lowest BCUT2D eigenvalue weighted by atomic mass is 9.98. The lowest BCUT2D eigenvalue weighted by Crippen LogP contribution is -2.31. The number of halogens is 3. The lowest BCUT2D eigenvalue weighted by Gasteiger charge is -2.15. The van der Waals surface area contributed by atoms with Gasteiger partial charge in [-0.3, -0.25) is 4.79 Å². The van der Waals surface area contributed by atoms with Crippen LogP contribution < -0.4 is 10.6 Å². The fourth-order valence-electron chi connectivity index (χ4n) is 4.03. The Bertz CT molecular complexity index is 1010. The van der Waals surface area contributed by atoms with Crippen molar-refractivity contribution in [2.45, 2.75) is 24.6 Å². The van der Waals surface area contributed by atoms with Gasteiger partial charge in [0.1, 0.15) is 12.6 Å². The van der Waals surface area contributed by atoms with E-state index >= 15 is 0 Å². The number of carbonyl (C=O) groups is 3. The lowest BCUT2D eigenvalue weighted by molar-refractivity contribution is -0.192. The van der Waals surface area contributed by atoms with E-state index in [0.29, 0.717) is 19.5 Å². The molecule has 2 aromatic carbocycles. The molecule has 1 saturated heterocycles. The van der Waals surface area contributed by atoms with E-state index in [1.165, 1.54) is 22.3 Å². The highest BCUT2D eigenvalue weighted by Crippen LogP contribution is 2.44. The molecule has 0 spiro atoms. The minimum Gasteiger partial charge on any atom is -0.480 e. The Hall–Kier alpha value is -3.60. The molecule has 4 N–H and O–H groups in total. The summed E-state index contributed by atoms with van der Waals surface area (Å²) < 4.78 is 37.2. The quantitative estimate of drug-likeness (QED) is 0.518. The van der Waals surface area contributed by atoms with Crippen molar-refractivity contribution in [2.75, 3.05) is 19.7 Å². The van der Waals surface area contributed by atoms with Crippen molar-refractivity contribution in [2.24, 2.45) is 5.92 Å². The SMILES string of the molecule is O=C(NCC1CN[C@H](C(=O)O)C1)OCC1c2ccccc2-c2ccccc21.O=C(O)C(F)(F)F.